The van der Waals surface area contributed by atoms with E-state index in [1.807, 2.05) is 0 Å². The number of carbonyl (C=O) groups excluding carboxylic acids is 1. The van der Waals surface area contributed by atoms with E-state index in [0.717, 1.165) is 0 Å². The number of aliphatic hydroxyl groups is 1. The highest BCUT2D eigenvalue weighted by molar-refractivity contribution is 5.81. The molecule has 80 valence electrons. The lowest BCUT2D eigenvalue weighted by atomic mass is 9.98. The summed E-state index contributed by atoms with van der Waals surface area (Å²) in [4.78, 5) is 23.5. The Balaban J connectivity index is 2.56. The van der Waals surface area contributed by atoms with Crippen LogP contribution in [-0.4, -0.2) is 46.2 Å². The molecule has 0 spiro atoms. The van der Waals surface area contributed by atoms with Crippen LogP contribution in [0.4, 0.5) is 0 Å². The molecule has 1 aliphatic heterocycles. The number of hydrogen-bond acceptors (Lipinski definition) is 3. The van der Waals surface area contributed by atoms with E-state index in [9.17, 15) is 9.59 Å². The van der Waals surface area contributed by atoms with Gasteiger partial charge in [-0.05, 0) is 19.8 Å². The Morgan fingerprint density at radius 2 is 2.14 bits per heavy atom. The van der Waals surface area contributed by atoms with Crippen molar-refractivity contribution >= 4 is 11.9 Å². The molecule has 1 fully saturated rings. The number of rotatable bonds is 2. The van der Waals surface area contributed by atoms with E-state index >= 15 is 0 Å². The van der Waals surface area contributed by atoms with E-state index in [2.05, 4.69) is 0 Å². The monoisotopic (exact) mass is 201 g/mol. The number of piperidine rings is 1. The zero-order valence-corrected chi connectivity index (χ0v) is 8.14. The first-order chi connectivity index (χ1) is 6.52. The highest BCUT2D eigenvalue weighted by atomic mass is 16.4. The minimum absolute atomic E-state index is 0.221. The SMILES string of the molecule is C[C@@H](O)C(=O)N1CCCC(C(=O)O)C1. The molecule has 1 amide bonds. The summed E-state index contributed by atoms with van der Waals surface area (Å²) in [6, 6.07) is 0. The van der Waals surface area contributed by atoms with Gasteiger partial charge in [-0.25, -0.2) is 0 Å². The molecule has 1 heterocycles. The number of carboxylic acid groups (broad SMARTS) is 1. The molecule has 0 aliphatic carbocycles. The highest BCUT2D eigenvalue weighted by Gasteiger charge is 2.29. The smallest absolute Gasteiger partial charge is 0.308 e. The molecule has 2 N–H and O–H groups in total. The Morgan fingerprint density at radius 1 is 1.50 bits per heavy atom. The van der Waals surface area contributed by atoms with Crippen molar-refractivity contribution in [2.24, 2.45) is 5.92 Å². The fraction of sp³-hybridized carbons (Fsp3) is 0.778. The van der Waals surface area contributed by atoms with Crippen LogP contribution in [0, 0.1) is 5.92 Å². The first kappa shape index (κ1) is 11.0. The molecular formula is C9H15NO4. The average Bonchev–Trinajstić information content (AvgIpc) is 2.16. The van der Waals surface area contributed by atoms with Gasteiger partial charge in [0, 0.05) is 13.1 Å². The van der Waals surface area contributed by atoms with Crippen LogP contribution in [0.1, 0.15) is 19.8 Å². The van der Waals surface area contributed by atoms with Gasteiger partial charge in [-0.3, -0.25) is 9.59 Å². The van der Waals surface area contributed by atoms with Crippen LogP contribution >= 0.6 is 0 Å². The number of likely N-dealkylation sites (tertiary alicyclic amines) is 1. The van der Waals surface area contributed by atoms with Gasteiger partial charge < -0.3 is 15.1 Å². The number of hydrogen-bond donors (Lipinski definition) is 2. The largest absolute Gasteiger partial charge is 0.481 e. The molecular weight excluding hydrogens is 186 g/mol. The zero-order chi connectivity index (χ0) is 10.7. The van der Waals surface area contributed by atoms with Gasteiger partial charge in [0.25, 0.3) is 5.91 Å². The number of aliphatic carboxylic acids is 1. The standard InChI is InChI=1S/C9H15NO4/c1-6(11)8(12)10-4-2-3-7(5-10)9(13)14/h6-7,11H,2-5H2,1H3,(H,13,14)/t6-,7?/m1/s1. The van der Waals surface area contributed by atoms with E-state index in [0.29, 0.717) is 19.4 Å². The molecule has 1 rings (SSSR count). The second-order valence-electron chi connectivity index (χ2n) is 3.64. The second-order valence-corrected chi connectivity index (χ2v) is 3.64. The van der Waals surface area contributed by atoms with Gasteiger partial charge in [0.05, 0.1) is 5.92 Å². The molecule has 0 radical (unpaired) electrons. The normalized spacial score (nSPS) is 24.4. The maximum atomic E-state index is 11.3. The predicted octanol–water partition coefficient (Wildman–Crippen LogP) is -0.310. The minimum atomic E-state index is -1.04. The Morgan fingerprint density at radius 3 is 2.64 bits per heavy atom. The summed E-state index contributed by atoms with van der Waals surface area (Å²) in [5.74, 6) is -1.73. The number of carbonyl (C=O) groups is 2. The molecule has 1 saturated heterocycles. The van der Waals surface area contributed by atoms with Gasteiger partial charge >= 0.3 is 5.97 Å². The highest BCUT2D eigenvalue weighted by Crippen LogP contribution is 2.17. The predicted molar refractivity (Wildman–Crippen MR) is 48.6 cm³/mol. The van der Waals surface area contributed by atoms with Crippen molar-refractivity contribution in [1.82, 2.24) is 4.90 Å². The maximum absolute atomic E-state index is 11.3. The summed E-state index contributed by atoms with van der Waals surface area (Å²) in [5.41, 5.74) is 0. The Hall–Kier alpha value is -1.10. The lowest BCUT2D eigenvalue weighted by Crippen LogP contribution is -2.45. The lowest BCUT2D eigenvalue weighted by molar-refractivity contribution is -0.148. The fourth-order valence-electron chi connectivity index (χ4n) is 1.64. The molecule has 1 unspecified atom stereocenters. The van der Waals surface area contributed by atoms with Crippen LogP contribution in [0.5, 0.6) is 0 Å². The minimum Gasteiger partial charge on any atom is -0.481 e. The summed E-state index contributed by atoms with van der Waals surface area (Å²) in [7, 11) is 0. The maximum Gasteiger partial charge on any atom is 0.308 e. The third-order valence-electron chi connectivity index (χ3n) is 2.44. The van der Waals surface area contributed by atoms with E-state index in [1.54, 1.807) is 0 Å². The van der Waals surface area contributed by atoms with Crippen LogP contribution in [0.15, 0.2) is 0 Å². The van der Waals surface area contributed by atoms with Crippen LogP contribution in [0.2, 0.25) is 0 Å². The molecule has 0 aromatic carbocycles. The number of carboxylic acids is 1. The molecule has 1 aliphatic rings. The van der Waals surface area contributed by atoms with Gasteiger partial charge in [0.2, 0.25) is 0 Å². The molecule has 0 aromatic heterocycles. The quantitative estimate of drug-likeness (QED) is 0.642. The van der Waals surface area contributed by atoms with Crippen molar-refractivity contribution in [3.63, 3.8) is 0 Å². The lowest BCUT2D eigenvalue weighted by Gasteiger charge is -2.31. The van der Waals surface area contributed by atoms with Gasteiger partial charge in [0.1, 0.15) is 6.10 Å². The molecule has 5 nitrogen and oxygen atoms in total. The van der Waals surface area contributed by atoms with E-state index in [-0.39, 0.29) is 12.5 Å². The Bertz CT molecular complexity index is 239. The van der Waals surface area contributed by atoms with Gasteiger partial charge in [-0.1, -0.05) is 0 Å². The second kappa shape index (κ2) is 4.41. The van der Waals surface area contributed by atoms with E-state index in [4.69, 9.17) is 10.2 Å². The summed E-state index contributed by atoms with van der Waals surface area (Å²) in [6.07, 6.45) is 0.261. The Labute approximate surface area is 82.3 Å². The molecule has 0 saturated carbocycles. The zero-order valence-electron chi connectivity index (χ0n) is 8.14. The summed E-state index contributed by atoms with van der Waals surface area (Å²) in [5, 5.41) is 17.8. The van der Waals surface area contributed by atoms with Gasteiger partial charge in [-0.2, -0.15) is 0 Å². The van der Waals surface area contributed by atoms with Crippen molar-refractivity contribution in [3.05, 3.63) is 0 Å². The molecule has 5 heteroatoms. The first-order valence-corrected chi connectivity index (χ1v) is 4.72. The van der Waals surface area contributed by atoms with Crippen molar-refractivity contribution in [3.8, 4) is 0 Å². The molecule has 2 atom stereocenters. The summed E-state index contributed by atoms with van der Waals surface area (Å²) < 4.78 is 0. The van der Waals surface area contributed by atoms with Crippen LogP contribution in [0.25, 0.3) is 0 Å². The van der Waals surface area contributed by atoms with E-state index < -0.39 is 18.0 Å². The fourth-order valence-corrected chi connectivity index (χ4v) is 1.64. The summed E-state index contributed by atoms with van der Waals surface area (Å²) >= 11 is 0. The topological polar surface area (TPSA) is 77.8 Å². The third kappa shape index (κ3) is 2.45. The molecule has 0 bridgehead atoms. The third-order valence-corrected chi connectivity index (χ3v) is 2.44. The number of nitrogens with zero attached hydrogens (tertiary/aromatic N) is 1. The van der Waals surface area contributed by atoms with E-state index in [1.165, 1.54) is 11.8 Å². The van der Waals surface area contributed by atoms with Crippen LogP contribution in [0.3, 0.4) is 0 Å². The van der Waals surface area contributed by atoms with Crippen molar-refractivity contribution in [2.45, 2.75) is 25.9 Å². The number of aliphatic hydroxyl groups excluding tert-OH is 1. The number of amides is 1. The van der Waals surface area contributed by atoms with Crippen LogP contribution in [-0.2, 0) is 9.59 Å². The average molecular weight is 201 g/mol. The van der Waals surface area contributed by atoms with Crippen molar-refractivity contribution in [1.29, 1.82) is 0 Å². The molecule has 0 aromatic rings. The first-order valence-electron chi connectivity index (χ1n) is 4.72. The van der Waals surface area contributed by atoms with Crippen molar-refractivity contribution in [2.75, 3.05) is 13.1 Å². The van der Waals surface area contributed by atoms with Crippen molar-refractivity contribution < 1.29 is 19.8 Å². The van der Waals surface area contributed by atoms with Crippen LogP contribution < -0.4 is 0 Å². The Kier molecular flexibility index (Phi) is 3.46. The molecule has 14 heavy (non-hydrogen) atoms. The van der Waals surface area contributed by atoms with Gasteiger partial charge in [0.15, 0.2) is 0 Å². The summed E-state index contributed by atoms with van der Waals surface area (Å²) in [6.45, 7) is 2.17. The van der Waals surface area contributed by atoms with Gasteiger partial charge in [-0.15, -0.1) is 0 Å².